The molecule has 0 N–H and O–H groups in total. The average Bonchev–Trinajstić information content (AvgIpc) is 2.49. The van der Waals surface area contributed by atoms with Gasteiger partial charge in [0.1, 0.15) is 0 Å². The summed E-state index contributed by atoms with van der Waals surface area (Å²) >= 11 is 6.31. The highest BCUT2D eigenvalue weighted by atomic mass is 35.5. The molecule has 20 heavy (non-hydrogen) atoms. The zero-order valence-corrected chi connectivity index (χ0v) is 12.4. The van der Waals surface area contributed by atoms with E-state index in [1.807, 2.05) is 6.07 Å². The van der Waals surface area contributed by atoms with Gasteiger partial charge >= 0.3 is 0 Å². The van der Waals surface area contributed by atoms with Crippen LogP contribution in [0.5, 0.6) is 0 Å². The number of hydrogen-bond donors (Lipinski definition) is 0. The second kappa shape index (κ2) is 6.43. The molecular formula is C18H20ClN. The van der Waals surface area contributed by atoms with Crippen molar-refractivity contribution in [2.24, 2.45) is 0 Å². The van der Waals surface area contributed by atoms with Crippen LogP contribution in [-0.4, -0.2) is 18.0 Å². The van der Waals surface area contributed by atoms with E-state index in [9.17, 15) is 0 Å². The third kappa shape index (κ3) is 3.23. The Bertz CT molecular complexity index is 565. The molecule has 0 saturated carbocycles. The molecule has 0 fully saturated rings. The molecule has 0 atom stereocenters. The van der Waals surface area contributed by atoms with Gasteiger partial charge in [-0.25, -0.2) is 0 Å². The van der Waals surface area contributed by atoms with Crippen LogP contribution in [0.3, 0.4) is 0 Å². The smallest absolute Gasteiger partial charge is 0.0453 e. The van der Waals surface area contributed by atoms with Crippen LogP contribution in [0.4, 0.5) is 0 Å². The maximum atomic E-state index is 6.31. The van der Waals surface area contributed by atoms with E-state index in [0.717, 1.165) is 37.5 Å². The van der Waals surface area contributed by atoms with Crippen molar-refractivity contribution in [1.29, 1.82) is 0 Å². The van der Waals surface area contributed by atoms with Crippen LogP contribution < -0.4 is 0 Å². The lowest BCUT2D eigenvalue weighted by atomic mass is 9.99. The van der Waals surface area contributed by atoms with Crippen molar-refractivity contribution in [1.82, 2.24) is 4.90 Å². The van der Waals surface area contributed by atoms with Gasteiger partial charge in [0.05, 0.1) is 0 Å². The van der Waals surface area contributed by atoms with E-state index in [1.165, 1.54) is 23.1 Å². The van der Waals surface area contributed by atoms with Gasteiger partial charge in [0, 0.05) is 18.1 Å². The van der Waals surface area contributed by atoms with E-state index >= 15 is 0 Å². The minimum atomic E-state index is 0.926. The standard InChI is InChI=1S/C18H20ClN/c19-18-10-4-9-16-11-13-20(14-17(16)18)12-5-8-15-6-2-1-3-7-15/h1-4,6-7,9-10H,5,8,11-14H2. The monoisotopic (exact) mass is 285 g/mol. The fraction of sp³-hybridized carbons (Fsp3) is 0.333. The van der Waals surface area contributed by atoms with Crippen LogP contribution in [0, 0.1) is 0 Å². The topological polar surface area (TPSA) is 3.24 Å². The van der Waals surface area contributed by atoms with Crippen molar-refractivity contribution < 1.29 is 0 Å². The zero-order valence-electron chi connectivity index (χ0n) is 11.7. The minimum absolute atomic E-state index is 0.926. The summed E-state index contributed by atoms with van der Waals surface area (Å²) in [6, 6.07) is 17.0. The molecule has 0 amide bonds. The molecule has 0 spiro atoms. The van der Waals surface area contributed by atoms with E-state index in [2.05, 4.69) is 47.4 Å². The number of aryl methyl sites for hydroxylation is 1. The molecule has 0 bridgehead atoms. The van der Waals surface area contributed by atoms with Crippen LogP contribution in [0.25, 0.3) is 0 Å². The predicted molar refractivity (Wildman–Crippen MR) is 85.2 cm³/mol. The number of benzene rings is 2. The summed E-state index contributed by atoms with van der Waals surface area (Å²) in [5.74, 6) is 0. The van der Waals surface area contributed by atoms with E-state index in [4.69, 9.17) is 11.6 Å². The molecule has 1 nitrogen and oxygen atoms in total. The number of fused-ring (bicyclic) bond motifs is 1. The molecule has 2 aromatic carbocycles. The van der Waals surface area contributed by atoms with Crippen molar-refractivity contribution >= 4 is 11.6 Å². The summed E-state index contributed by atoms with van der Waals surface area (Å²) in [4.78, 5) is 2.52. The van der Waals surface area contributed by atoms with Gasteiger partial charge in [0.2, 0.25) is 0 Å². The lowest BCUT2D eigenvalue weighted by molar-refractivity contribution is 0.251. The first-order valence-electron chi connectivity index (χ1n) is 7.35. The van der Waals surface area contributed by atoms with Gasteiger partial charge in [-0.15, -0.1) is 0 Å². The van der Waals surface area contributed by atoms with Crippen molar-refractivity contribution in [3.63, 3.8) is 0 Å². The molecule has 0 saturated heterocycles. The van der Waals surface area contributed by atoms with Crippen LogP contribution in [-0.2, 0) is 19.4 Å². The first-order valence-corrected chi connectivity index (χ1v) is 7.73. The predicted octanol–water partition coefficient (Wildman–Crippen LogP) is 4.33. The van der Waals surface area contributed by atoms with Crippen molar-refractivity contribution in [3.05, 3.63) is 70.2 Å². The number of rotatable bonds is 4. The third-order valence-corrected chi connectivity index (χ3v) is 4.43. The summed E-state index contributed by atoms with van der Waals surface area (Å²) < 4.78 is 0. The van der Waals surface area contributed by atoms with Gasteiger partial charge in [-0.2, -0.15) is 0 Å². The Morgan fingerprint density at radius 1 is 1.00 bits per heavy atom. The molecule has 0 aliphatic carbocycles. The quantitative estimate of drug-likeness (QED) is 0.808. The molecule has 2 aromatic rings. The van der Waals surface area contributed by atoms with Crippen molar-refractivity contribution in [2.75, 3.05) is 13.1 Å². The van der Waals surface area contributed by atoms with Crippen molar-refractivity contribution in [2.45, 2.75) is 25.8 Å². The summed E-state index contributed by atoms with van der Waals surface area (Å²) in [6.07, 6.45) is 3.50. The Labute approximate surface area is 126 Å². The number of halogens is 1. The van der Waals surface area contributed by atoms with Crippen LogP contribution >= 0.6 is 11.6 Å². The van der Waals surface area contributed by atoms with Crippen molar-refractivity contribution in [3.8, 4) is 0 Å². The average molecular weight is 286 g/mol. The lowest BCUT2D eigenvalue weighted by Crippen LogP contribution is -2.31. The molecule has 0 radical (unpaired) electrons. The highest BCUT2D eigenvalue weighted by molar-refractivity contribution is 6.31. The Morgan fingerprint density at radius 2 is 1.85 bits per heavy atom. The summed E-state index contributed by atoms with van der Waals surface area (Å²) in [6.45, 7) is 3.31. The fourth-order valence-corrected chi connectivity index (χ4v) is 3.19. The Morgan fingerprint density at radius 3 is 2.70 bits per heavy atom. The fourth-order valence-electron chi connectivity index (χ4n) is 2.94. The Hall–Kier alpha value is -1.31. The summed E-state index contributed by atoms with van der Waals surface area (Å²) in [5, 5.41) is 0.926. The van der Waals surface area contributed by atoms with E-state index < -0.39 is 0 Å². The van der Waals surface area contributed by atoms with Gasteiger partial charge in [-0.05, 0) is 48.6 Å². The summed E-state index contributed by atoms with van der Waals surface area (Å²) in [7, 11) is 0. The molecule has 0 unspecified atom stereocenters. The normalized spacial score (nSPS) is 15.1. The van der Waals surface area contributed by atoms with E-state index in [1.54, 1.807) is 0 Å². The summed E-state index contributed by atoms with van der Waals surface area (Å²) in [5.41, 5.74) is 4.19. The molecule has 104 valence electrons. The van der Waals surface area contributed by atoms with E-state index in [-0.39, 0.29) is 0 Å². The minimum Gasteiger partial charge on any atom is -0.299 e. The molecule has 0 aromatic heterocycles. The number of hydrogen-bond acceptors (Lipinski definition) is 1. The molecule has 2 heteroatoms. The lowest BCUT2D eigenvalue weighted by Gasteiger charge is -2.29. The highest BCUT2D eigenvalue weighted by Gasteiger charge is 2.17. The number of nitrogens with zero attached hydrogens (tertiary/aromatic N) is 1. The molecule has 1 heterocycles. The van der Waals surface area contributed by atoms with E-state index in [0.29, 0.717) is 0 Å². The van der Waals surface area contributed by atoms with Gasteiger partial charge in [0.25, 0.3) is 0 Å². The van der Waals surface area contributed by atoms with Crippen LogP contribution in [0.2, 0.25) is 5.02 Å². The molecule has 1 aliphatic heterocycles. The molecule has 1 aliphatic rings. The maximum absolute atomic E-state index is 6.31. The Kier molecular flexibility index (Phi) is 4.39. The zero-order chi connectivity index (χ0) is 13.8. The van der Waals surface area contributed by atoms with Gasteiger partial charge in [-0.3, -0.25) is 4.90 Å². The SMILES string of the molecule is Clc1cccc2c1CN(CCCc1ccccc1)CC2. The van der Waals surface area contributed by atoms with Gasteiger partial charge in [-0.1, -0.05) is 54.1 Å². The van der Waals surface area contributed by atoms with Gasteiger partial charge < -0.3 is 0 Å². The second-order valence-electron chi connectivity index (χ2n) is 5.49. The molecular weight excluding hydrogens is 266 g/mol. The third-order valence-electron chi connectivity index (χ3n) is 4.08. The van der Waals surface area contributed by atoms with Gasteiger partial charge in [0.15, 0.2) is 0 Å². The van der Waals surface area contributed by atoms with Crippen LogP contribution in [0.1, 0.15) is 23.1 Å². The largest absolute Gasteiger partial charge is 0.299 e. The maximum Gasteiger partial charge on any atom is 0.0453 e. The molecule has 3 rings (SSSR count). The first-order chi connectivity index (χ1) is 9.83. The Balaban J connectivity index is 1.54. The highest BCUT2D eigenvalue weighted by Crippen LogP contribution is 2.26. The van der Waals surface area contributed by atoms with Crippen LogP contribution in [0.15, 0.2) is 48.5 Å². The second-order valence-corrected chi connectivity index (χ2v) is 5.90. The first kappa shape index (κ1) is 13.7.